The van der Waals surface area contributed by atoms with Gasteiger partial charge in [-0.2, -0.15) is 0 Å². The summed E-state index contributed by atoms with van der Waals surface area (Å²) in [5, 5.41) is 19.2. The van der Waals surface area contributed by atoms with Crippen LogP contribution in [0.3, 0.4) is 0 Å². The number of para-hydroxylation sites is 1. The largest absolute Gasteiger partial charge is 0.504 e. The summed E-state index contributed by atoms with van der Waals surface area (Å²) in [6, 6.07) is 5.90. The fraction of sp³-hybridized carbons (Fsp3) is 0.538. The van der Waals surface area contributed by atoms with Crippen LogP contribution in [0.25, 0.3) is 0 Å². The van der Waals surface area contributed by atoms with Crippen LogP contribution < -0.4 is 0 Å². The van der Waals surface area contributed by atoms with Gasteiger partial charge in [-0.1, -0.05) is 12.1 Å². The molecule has 0 fully saturated rings. The van der Waals surface area contributed by atoms with Crippen LogP contribution in [0.4, 0.5) is 0 Å². The summed E-state index contributed by atoms with van der Waals surface area (Å²) in [5.41, 5.74) is 0.766. The van der Waals surface area contributed by atoms with Crippen molar-refractivity contribution in [2.24, 2.45) is 0 Å². The summed E-state index contributed by atoms with van der Waals surface area (Å²) in [7, 11) is 0. The predicted octanol–water partition coefficient (Wildman–Crippen LogP) is 2.72. The molecule has 3 heteroatoms. The monoisotopic (exact) mass is 223 g/mol. The molecule has 0 bridgehead atoms. The molecule has 0 saturated heterocycles. The number of hydrogen-bond acceptors (Lipinski definition) is 3. The molecule has 0 atom stereocenters. The molecule has 1 rings (SSSR count). The SMILES string of the molecule is CC(C)N(Cc1cccc(O)c1O)C(C)C. The third-order valence-corrected chi connectivity index (χ3v) is 2.78. The third kappa shape index (κ3) is 2.89. The Morgan fingerprint density at radius 1 is 1.06 bits per heavy atom. The van der Waals surface area contributed by atoms with Crippen LogP contribution >= 0.6 is 0 Å². The third-order valence-electron chi connectivity index (χ3n) is 2.78. The van der Waals surface area contributed by atoms with E-state index in [1.165, 1.54) is 6.07 Å². The number of rotatable bonds is 4. The summed E-state index contributed by atoms with van der Waals surface area (Å²) in [4.78, 5) is 2.26. The molecule has 0 aliphatic rings. The Hall–Kier alpha value is -1.22. The number of phenols is 2. The predicted molar refractivity (Wildman–Crippen MR) is 65.6 cm³/mol. The zero-order valence-electron chi connectivity index (χ0n) is 10.4. The molecular formula is C13H21NO2. The normalized spacial score (nSPS) is 11.7. The van der Waals surface area contributed by atoms with Gasteiger partial charge in [0.15, 0.2) is 11.5 Å². The van der Waals surface area contributed by atoms with E-state index in [4.69, 9.17) is 0 Å². The fourth-order valence-corrected chi connectivity index (χ4v) is 1.86. The maximum absolute atomic E-state index is 9.73. The first-order valence-corrected chi connectivity index (χ1v) is 5.69. The Morgan fingerprint density at radius 2 is 1.62 bits per heavy atom. The molecule has 0 aliphatic heterocycles. The van der Waals surface area contributed by atoms with Gasteiger partial charge in [-0.25, -0.2) is 0 Å². The van der Waals surface area contributed by atoms with Crippen molar-refractivity contribution < 1.29 is 10.2 Å². The second-order valence-electron chi connectivity index (χ2n) is 4.64. The van der Waals surface area contributed by atoms with Crippen molar-refractivity contribution in [2.45, 2.75) is 46.3 Å². The van der Waals surface area contributed by atoms with E-state index in [2.05, 4.69) is 32.6 Å². The van der Waals surface area contributed by atoms with Gasteiger partial charge in [-0.15, -0.1) is 0 Å². The smallest absolute Gasteiger partial charge is 0.161 e. The highest BCUT2D eigenvalue weighted by Gasteiger charge is 2.16. The number of nitrogens with zero attached hydrogens (tertiary/aromatic N) is 1. The van der Waals surface area contributed by atoms with Crippen molar-refractivity contribution in [3.05, 3.63) is 23.8 Å². The Balaban J connectivity index is 2.90. The van der Waals surface area contributed by atoms with Gasteiger partial charge in [0.05, 0.1) is 0 Å². The molecule has 1 aromatic rings. The van der Waals surface area contributed by atoms with E-state index in [1.807, 2.05) is 6.07 Å². The highest BCUT2D eigenvalue weighted by molar-refractivity contribution is 5.44. The molecule has 0 aromatic heterocycles. The first kappa shape index (κ1) is 12.8. The second kappa shape index (κ2) is 5.21. The van der Waals surface area contributed by atoms with Gasteiger partial charge in [-0.3, -0.25) is 4.90 Å². The quantitative estimate of drug-likeness (QED) is 0.771. The van der Waals surface area contributed by atoms with Gasteiger partial charge in [0, 0.05) is 24.2 Å². The van der Waals surface area contributed by atoms with Crippen LogP contribution in [0, 0.1) is 0 Å². The first-order chi connectivity index (χ1) is 7.43. The molecule has 3 nitrogen and oxygen atoms in total. The number of hydrogen-bond donors (Lipinski definition) is 2. The zero-order chi connectivity index (χ0) is 12.3. The van der Waals surface area contributed by atoms with Gasteiger partial charge >= 0.3 is 0 Å². The lowest BCUT2D eigenvalue weighted by Crippen LogP contribution is -2.36. The second-order valence-corrected chi connectivity index (χ2v) is 4.64. The lowest BCUT2D eigenvalue weighted by molar-refractivity contribution is 0.164. The summed E-state index contributed by atoms with van der Waals surface area (Å²) in [6.45, 7) is 9.15. The van der Waals surface area contributed by atoms with Gasteiger partial charge in [0.1, 0.15) is 0 Å². The summed E-state index contributed by atoms with van der Waals surface area (Å²) < 4.78 is 0. The molecule has 0 radical (unpaired) electrons. The van der Waals surface area contributed by atoms with Crippen molar-refractivity contribution in [1.29, 1.82) is 0 Å². The van der Waals surface area contributed by atoms with Crippen LogP contribution in [0.15, 0.2) is 18.2 Å². The Bertz CT molecular complexity index is 340. The Morgan fingerprint density at radius 3 is 2.12 bits per heavy atom. The zero-order valence-corrected chi connectivity index (χ0v) is 10.4. The van der Waals surface area contributed by atoms with E-state index in [0.717, 1.165) is 5.56 Å². The highest BCUT2D eigenvalue weighted by Crippen LogP contribution is 2.29. The van der Waals surface area contributed by atoms with Crippen molar-refractivity contribution in [3.8, 4) is 11.5 Å². The van der Waals surface area contributed by atoms with Gasteiger partial charge < -0.3 is 10.2 Å². The fourth-order valence-electron chi connectivity index (χ4n) is 1.86. The van der Waals surface area contributed by atoms with Crippen molar-refractivity contribution in [1.82, 2.24) is 4.90 Å². The van der Waals surface area contributed by atoms with Crippen LogP contribution in [0.1, 0.15) is 33.3 Å². The van der Waals surface area contributed by atoms with Crippen LogP contribution in [0.5, 0.6) is 11.5 Å². The van der Waals surface area contributed by atoms with E-state index in [1.54, 1.807) is 6.07 Å². The van der Waals surface area contributed by atoms with Gasteiger partial charge in [-0.05, 0) is 33.8 Å². The van der Waals surface area contributed by atoms with Crippen LogP contribution in [-0.2, 0) is 6.54 Å². The molecule has 1 aromatic carbocycles. The van der Waals surface area contributed by atoms with E-state index < -0.39 is 0 Å². The maximum atomic E-state index is 9.73. The Labute approximate surface area is 97.3 Å². The molecule has 0 heterocycles. The molecule has 0 amide bonds. The van der Waals surface area contributed by atoms with Gasteiger partial charge in [0.2, 0.25) is 0 Å². The molecule has 0 saturated carbocycles. The molecule has 0 unspecified atom stereocenters. The first-order valence-electron chi connectivity index (χ1n) is 5.69. The number of benzene rings is 1. The van der Waals surface area contributed by atoms with Crippen LogP contribution in [-0.4, -0.2) is 27.2 Å². The van der Waals surface area contributed by atoms with Gasteiger partial charge in [0.25, 0.3) is 0 Å². The maximum Gasteiger partial charge on any atom is 0.161 e. The molecule has 0 aliphatic carbocycles. The van der Waals surface area contributed by atoms with E-state index in [-0.39, 0.29) is 11.5 Å². The van der Waals surface area contributed by atoms with Crippen molar-refractivity contribution >= 4 is 0 Å². The van der Waals surface area contributed by atoms with Crippen molar-refractivity contribution in [3.63, 3.8) is 0 Å². The molecular weight excluding hydrogens is 202 g/mol. The lowest BCUT2D eigenvalue weighted by atomic mass is 10.1. The highest BCUT2D eigenvalue weighted by atomic mass is 16.3. The number of aromatic hydroxyl groups is 2. The summed E-state index contributed by atoms with van der Waals surface area (Å²) in [6.07, 6.45) is 0. The minimum absolute atomic E-state index is 0.00574. The summed E-state index contributed by atoms with van der Waals surface area (Å²) in [5.74, 6) is -0.0567. The van der Waals surface area contributed by atoms with Crippen molar-refractivity contribution in [2.75, 3.05) is 0 Å². The van der Waals surface area contributed by atoms with E-state index in [0.29, 0.717) is 18.6 Å². The lowest BCUT2D eigenvalue weighted by Gasteiger charge is -2.30. The van der Waals surface area contributed by atoms with E-state index >= 15 is 0 Å². The van der Waals surface area contributed by atoms with Crippen LogP contribution in [0.2, 0.25) is 0 Å². The van der Waals surface area contributed by atoms with E-state index in [9.17, 15) is 10.2 Å². The molecule has 2 N–H and O–H groups in total. The summed E-state index contributed by atoms with van der Waals surface area (Å²) >= 11 is 0. The minimum Gasteiger partial charge on any atom is -0.504 e. The standard InChI is InChI=1S/C13H21NO2/c1-9(2)14(10(3)4)8-11-6-5-7-12(15)13(11)16/h5-7,9-10,15-16H,8H2,1-4H3. The molecule has 90 valence electrons. The molecule has 0 spiro atoms. The number of phenolic OH excluding ortho intramolecular Hbond substituents is 2. The minimum atomic E-state index is -0.0510. The molecule has 16 heavy (non-hydrogen) atoms. The average Bonchev–Trinajstić information content (AvgIpc) is 2.19. The Kier molecular flexibility index (Phi) is 4.19. The average molecular weight is 223 g/mol. The topological polar surface area (TPSA) is 43.7 Å².